The number of carbonyl (C=O) groups is 1. The predicted molar refractivity (Wildman–Crippen MR) is 120 cm³/mol. The van der Waals surface area contributed by atoms with Gasteiger partial charge in [-0.2, -0.15) is 0 Å². The standard InChI is InChI=1S/C22H27N5OS/c1-14-13-26-22(25-10-7-15-5-8-24-9-6-15)27-20(14)19-11-16-3-4-17(21(28)23-2)12-18(16)29-19/h3-4,11-13,15,24H,5-10H2,1-2H3,(H,23,28)(H,25,26,27). The second-order valence-corrected chi connectivity index (χ2v) is 8.66. The SMILES string of the molecule is CNC(=O)c1ccc2cc(-c3nc(NCCC4CCNCC4)ncc3C)sc2c1. The molecule has 4 rings (SSSR count). The van der Waals surface area contributed by atoms with E-state index in [1.165, 1.54) is 12.8 Å². The van der Waals surface area contributed by atoms with Crippen LogP contribution in [0.3, 0.4) is 0 Å². The molecule has 3 aromatic rings. The maximum absolute atomic E-state index is 11.9. The van der Waals surface area contributed by atoms with E-state index in [1.54, 1.807) is 18.4 Å². The zero-order chi connectivity index (χ0) is 20.2. The number of nitrogens with zero attached hydrogens (tertiary/aromatic N) is 2. The highest BCUT2D eigenvalue weighted by Gasteiger charge is 2.14. The Balaban J connectivity index is 1.51. The molecule has 1 fully saturated rings. The Kier molecular flexibility index (Phi) is 6.06. The van der Waals surface area contributed by atoms with Crippen LogP contribution in [0.1, 0.15) is 35.2 Å². The van der Waals surface area contributed by atoms with E-state index in [0.29, 0.717) is 11.5 Å². The van der Waals surface area contributed by atoms with Crippen LogP contribution in [0.25, 0.3) is 20.7 Å². The third kappa shape index (κ3) is 4.57. The van der Waals surface area contributed by atoms with Gasteiger partial charge in [0.25, 0.3) is 5.91 Å². The van der Waals surface area contributed by atoms with Gasteiger partial charge in [-0.3, -0.25) is 4.79 Å². The number of benzene rings is 1. The van der Waals surface area contributed by atoms with Gasteiger partial charge >= 0.3 is 0 Å². The molecule has 2 aromatic heterocycles. The number of amides is 1. The van der Waals surface area contributed by atoms with Crippen molar-refractivity contribution in [2.24, 2.45) is 5.92 Å². The van der Waals surface area contributed by atoms with Crippen LogP contribution in [0.4, 0.5) is 5.95 Å². The van der Waals surface area contributed by atoms with Gasteiger partial charge in [0.15, 0.2) is 0 Å². The normalized spacial score (nSPS) is 14.8. The van der Waals surface area contributed by atoms with Gasteiger partial charge in [0, 0.05) is 30.1 Å². The lowest BCUT2D eigenvalue weighted by Gasteiger charge is -2.22. The van der Waals surface area contributed by atoms with Gasteiger partial charge in [-0.1, -0.05) is 6.07 Å². The van der Waals surface area contributed by atoms with Gasteiger partial charge in [0.05, 0.1) is 10.6 Å². The first-order chi connectivity index (χ1) is 14.1. The smallest absolute Gasteiger partial charge is 0.251 e. The van der Waals surface area contributed by atoms with Crippen molar-refractivity contribution in [2.75, 3.05) is 32.0 Å². The number of aromatic nitrogens is 2. The van der Waals surface area contributed by atoms with E-state index in [9.17, 15) is 4.79 Å². The van der Waals surface area contributed by atoms with Crippen molar-refractivity contribution in [1.82, 2.24) is 20.6 Å². The molecule has 29 heavy (non-hydrogen) atoms. The second kappa shape index (κ2) is 8.88. The molecule has 0 spiro atoms. The first-order valence-corrected chi connectivity index (χ1v) is 11.0. The zero-order valence-electron chi connectivity index (χ0n) is 16.9. The van der Waals surface area contributed by atoms with Crippen molar-refractivity contribution in [2.45, 2.75) is 26.2 Å². The second-order valence-electron chi connectivity index (χ2n) is 7.58. The number of nitrogens with one attached hydrogen (secondary N) is 3. The molecule has 6 nitrogen and oxygen atoms in total. The van der Waals surface area contributed by atoms with Crippen molar-refractivity contribution in [1.29, 1.82) is 0 Å². The first-order valence-electron chi connectivity index (χ1n) is 10.2. The number of hydrogen-bond donors (Lipinski definition) is 3. The summed E-state index contributed by atoms with van der Waals surface area (Å²) in [6.07, 6.45) is 5.54. The molecule has 0 aliphatic carbocycles. The molecule has 0 unspecified atom stereocenters. The summed E-state index contributed by atoms with van der Waals surface area (Å²) in [6.45, 7) is 5.19. The summed E-state index contributed by atoms with van der Waals surface area (Å²) in [7, 11) is 1.65. The highest BCUT2D eigenvalue weighted by atomic mass is 32.1. The average Bonchev–Trinajstić information content (AvgIpc) is 3.18. The number of rotatable bonds is 6. The lowest BCUT2D eigenvalue weighted by molar-refractivity contribution is 0.0963. The number of aryl methyl sites for hydroxylation is 1. The van der Waals surface area contributed by atoms with Crippen molar-refractivity contribution < 1.29 is 4.79 Å². The molecular formula is C22H27N5OS. The Labute approximate surface area is 175 Å². The lowest BCUT2D eigenvalue weighted by atomic mass is 9.95. The van der Waals surface area contributed by atoms with Crippen LogP contribution >= 0.6 is 11.3 Å². The minimum Gasteiger partial charge on any atom is -0.355 e. The number of anilines is 1. The molecule has 152 valence electrons. The highest BCUT2D eigenvalue weighted by molar-refractivity contribution is 7.22. The number of hydrogen-bond acceptors (Lipinski definition) is 6. The minimum absolute atomic E-state index is 0.0692. The fraction of sp³-hybridized carbons (Fsp3) is 0.409. The summed E-state index contributed by atoms with van der Waals surface area (Å²) in [4.78, 5) is 22.3. The summed E-state index contributed by atoms with van der Waals surface area (Å²) in [5, 5.41) is 10.6. The zero-order valence-corrected chi connectivity index (χ0v) is 17.7. The molecular weight excluding hydrogens is 382 g/mol. The molecule has 1 aliphatic rings. The Hall–Kier alpha value is -2.51. The van der Waals surface area contributed by atoms with Crippen molar-refractivity contribution in [3.63, 3.8) is 0 Å². The molecule has 0 saturated carbocycles. The molecule has 1 aliphatic heterocycles. The summed E-state index contributed by atoms with van der Waals surface area (Å²) in [5.41, 5.74) is 2.67. The van der Waals surface area contributed by atoms with Gasteiger partial charge in [0.1, 0.15) is 0 Å². The Morgan fingerprint density at radius 3 is 2.90 bits per heavy atom. The fourth-order valence-corrected chi connectivity index (χ4v) is 4.93. The average molecular weight is 410 g/mol. The lowest BCUT2D eigenvalue weighted by Crippen LogP contribution is -2.28. The summed E-state index contributed by atoms with van der Waals surface area (Å²) < 4.78 is 1.08. The Morgan fingerprint density at radius 2 is 2.10 bits per heavy atom. The van der Waals surface area contributed by atoms with Gasteiger partial charge in [-0.25, -0.2) is 9.97 Å². The van der Waals surface area contributed by atoms with Gasteiger partial charge < -0.3 is 16.0 Å². The largest absolute Gasteiger partial charge is 0.355 e. The number of piperidine rings is 1. The number of fused-ring (bicyclic) bond motifs is 1. The van der Waals surface area contributed by atoms with E-state index in [4.69, 9.17) is 4.98 Å². The molecule has 1 saturated heterocycles. The fourth-order valence-electron chi connectivity index (χ4n) is 3.77. The molecule has 1 amide bonds. The van der Waals surface area contributed by atoms with Gasteiger partial charge in [-0.05, 0) is 74.3 Å². The quantitative estimate of drug-likeness (QED) is 0.577. The molecule has 0 bridgehead atoms. The number of carbonyl (C=O) groups excluding carboxylic acids is 1. The molecule has 0 radical (unpaired) electrons. The van der Waals surface area contributed by atoms with Crippen LogP contribution in [0, 0.1) is 12.8 Å². The minimum atomic E-state index is -0.0692. The van der Waals surface area contributed by atoms with E-state index in [0.717, 1.165) is 58.2 Å². The summed E-state index contributed by atoms with van der Waals surface area (Å²) in [5.74, 6) is 1.40. The Bertz CT molecular complexity index is 1010. The third-order valence-electron chi connectivity index (χ3n) is 5.51. The van der Waals surface area contributed by atoms with Crippen LogP contribution in [0.15, 0.2) is 30.5 Å². The first kappa shape index (κ1) is 19.8. The monoisotopic (exact) mass is 409 g/mol. The van der Waals surface area contributed by atoms with E-state index in [-0.39, 0.29) is 5.91 Å². The summed E-state index contributed by atoms with van der Waals surface area (Å²) >= 11 is 1.66. The predicted octanol–water partition coefficient (Wildman–Crippen LogP) is 3.83. The van der Waals surface area contributed by atoms with E-state index >= 15 is 0 Å². The maximum atomic E-state index is 11.9. The van der Waals surface area contributed by atoms with Crippen molar-refractivity contribution in [3.05, 3.63) is 41.6 Å². The van der Waals surface area contributed by atoms with Crippen LogP contribution in [-0.2, 0) is 0 Å². The van der Waals surface area contributed by atoms with Crippen LogP contribution < -0.4 is 16.0 Å². The molecule has 0 atom stereocenters. The topological polar surface area (TPSA) is 78.9 Å². The maximum Gasteiger partial charge on any atom is 0.251 e. The molecule has 1 aromatic carbocycles. The van der Waals surface area contributed by atoms with Gasteiger partial charge in [-0.15, -0.1) is 11.3 Å². The van der Waals surface area contributed by atoms with Crippen LogP contribution in [0.2, 0.25) is 0 Å². The van der Waals surface area contributed by atoms with E-state index < -0.39 is 0 Å². The van der Waals surface area contributed by atoms with Crippen LogP contribution in [-0.4, -0.2) is 42.6 Å². The van der Waals surface area contributed by atoms with Crippen molar-refractivity contribution >= 4 is 33.3 Å². The van der Waals surface area contributed by atoms with E-state index in [1.807, 2.05) is 31.3 Å². The molecule has 7 heteroatoms. The molecule has 3 N–H and O–H groups in total. The van der Waals surface area contributed by atoms with Crippen LogP contribution in [0.5, 0.6) is 0 Å². The van der Waals surface area contributed by atoms with Gasteiger partial charge in [0.2, 0.25) is 5.95 Å². The summed E-state index contributed by atoms with van der Waals surface area (Å²) in [6, 6.07) is 7.94. The van der Waals surface area contributed by atoms with E-state index in [2.05, 4.69) is 27.0 Å². The number of thiophene rings is 1. The highest BCUT2D eigenvalue weighted by Crippen LogP contribution is 2.34. The Morgan fingerprint density at radius 1 is 1.28 bits per heavy atom. The van der Waals surface area contributed by atoms with Crippen molar-refractivity contribution in [3.8, 4) is 10.6 Å². The molecule has 3 heterocycles. The third-order valence-corrected chi connectivity index (χ3v) is 6.61.